The fraction of sp³-hybridized carbons (Fsp3) is 0.292. The lowest BCUT2D eigenvalue weighted by Crippen LogP contribution is -2.66. The number of aliphatic hydroxyl groups excluding tert-OH is 1. The van der Waals surface area contributed by atoms with Crippen molar-refractivity contribution in [2.45, 2.75) is 57.8 Å². The van der Waals surface area contributed by atoms with Gasteiger partial charge in [-0.15, -0.1) is 0 Å². The number of nitrogens with zero attached hydrogens (tertiary/aromatic N) is 1. The molecular formula is C48H50BNO8Si. The third-order valence-corrected chi connectivity index (χ3v) is 17.3. The van der Waals surface area contributed by atoms with E-state index in [9.17, 15) is 24.7 Å². The molecule has 3 heterocycles. The van der Waals surface area contributed by atoms with Gasteiger partial charge in [0.1, 0.15) is 18.1 Å². The van der Waals surface area contributed by atoms with Crippen molar-refractivity contribution in [2.24, 2.45) is 17.8 Å². The lowest BCUT2D eigenvalue weighted by atomic mass is 9.69. The summed E-state index contributed by atoms with van der Waals surface area (Å²) in [4.78, 5) is 30.2. The fourth-order valence-corrected chi connectivity index (χ4v) is 14.2. The van der Waals surface area contributed by atoms with Gasteiger partial charge in [0.25, 0.3) is 8.32 Å². The van der Waals surface area contributed by atoms with Gasteiger partial charge >= 0.3 is 7.12 Å². The lowest BCUT2D eigenvalue weighted by Gasteiger charge is -2.44. The quantitative estimate of drug-likeness (QED) is 0.0766. The average molecular weight is 808 g/mol. The predicted octanol–water partition coefficient (Wildman–Crippen LogP) is 5.87. The van der Waals surface area contributed by atoms with Crippen LogP contribution < -0.4 is 20.7 Å². The summed E-state index contributed by atoms with van der Waals surface area (Å²) in [5.74, 6) is -1.07. The Morgan fingerprint density at radius 1 is 0.847 bits per heavy atom. The SMILES string of the molecule is CC(C)(C)[Si](OCC1=C2[C@@H](CC/C(=C/c3ccc(CO)o3)c3ccccc3)OC[C@@H]2[C@@H]2C(=O)N(c3cccc(B(O)O)c3)C(=O)[C@@H]2C1)(c1ccccc1)c1ccccc1. The first-order chi connectivity index (χ1) is 28.5. The van der Waals surface area contributed by atoms with E-state index in [0.29, 0.717) is 36.5 Å². The molecule has 9 nitrogen and oxygen atoms in total. The second-order valence-electron chi connectivity index (χ2n) is 16.8. The Hall–Kier alpha value is -5.14. The molecule has 4 atom stereocenters. The molecule has 1 aliphatic carbocycles. The van der Waals surface area contributed by atoms with Crippen LogP contribution in [0.25, 0.3) is 11.6 Å². The highest BCUT2D eigenvalue weighted by molar-refractivity contribution is 6.99. The molecule has 0 radical (unpaired) electrons. The Morgan fingerprint density at radius 3 is 2.12 bits per heavy atom. The maximum Gasteiger partial charge on any atom is 0.488 e. The molecule has 0 bridgehead atoms. The van der Waals surface area contributed by atoms with Crippen molar-refractivity contribution in [3.05, 3.63) is 156 Å². The van der Waals surface area contributed by atoms with Crippen LogP contribution in [0.3, 0.4) is 0 Å². The molecule has 59 heavy (non-hydrogen) atoms. The average Bonchev–Trinajstić information content (AvgIpc) is 3.96. The zero-order chi connectivity index (χ0) is 41.3. The summed E-state index contributed by atoms with van der Waals surface area (Å²) in [5.41, 5.74) is 4.64. The molecule has 5 aromatic rings. The number of benzene rings is 4. The maximum absolute atomic E-state index is 14.5. The van der Waals surface area contributed by atoms with Crippen LogP contribution in [0.2, 0.25) is 5.04 Å². The summed E-state index contributed by atoms with van der Waals surface area (Å²) in [5, 5.41) is 31.5. The van der Waals surface area contributed by atoms with Crippen molar-refractivity contribution in [1.29, 1.82) is 0 Å². The molecule has 2 fully saturated rings. The van der Waals surface area contributed by atoms with Crippen molar-refractivity contribution in [3.8, 4) is 0 Å². The molecule has 3 aliphatic rings. The minimum Gasteiger partial charge on any atom is -0.459 e. The number of anilines is 1. The van der Waals surface area contributed by atoms with E-state index in [4.69, 9.17) is 13.6 Å². The topological polar surface area (TPSA) is 130 Å². The summed E-state index contributed by atoms with van der Waals surface area (Å²) in [6, 6.07) is 41.0. The summed E-state index contributed by atoms with van der Waals surface area (Å²) < 4.78 is 20.1. The minimum absolute atomic E-state index is 0.186. The monoisotopic (exact) mass is 807 g/mol. The Bertz CT molecular complexity index is 2310. The molecule has 1 aromatic heterocycles. The Kier molecular flexibility index (Phi) is 11.6. The van der Waals surface area contributed by atoms with Crippen molar-refractivity contribution >= 4 is 60.4 Å². The molecule has 3 N–H and O–H groups in total. The first kappa shape index (κ1) is 40.6. The molecule has 2 aliphatic heterocycles. The van der Waals surface area contributed by atoms with Crippen LogP contribution in [0.4, 0.5) is 5.69 Å². The summed E-state index contributed by atoms with van der Waals surface area (Å²) in [6.45, 7) is 7.10. The molecule has 302 valence electrons. The van der Waals surface area contributed by atoms with E-state index in [2.05, 4.69) is 81.4 Å². The van der Waals surface area contributed by atoms with E-state index >= 15 is 0 Å². The van der Waals surface area contributed by atoms with Gasteiger partial charge in [-0.05, 0) is 92.8 Å². The maximum atomic E-state index is 14.5. The van der Waals surface area contributed by atoms with Crippen LogP contribution in [0.15, 0.2) is 143 Å². The van der Waals surface area contributed by atoms with Gasteiger partial charge in [-0.1, -0.05) is 124 Å². The summed E-state index contributed by atoms with van der Waals surface area (Å²) in [7, 11) is -4.74. The van der Waals surface area contributed by atoms with Crippen molar-refractivity contribution in [3.63, 3.8) is 0 Å². The highest BCUT2D eigenvalue weighted by Gasteiger charge is 2.58. The number of fused-ring (bicyclic) bond motifs is 3. The lowest BCUT2D eigenvalue weighted by molar-refractivity contribution is -0.122. The van der Waals surface area contributed by atoms with Gasteiger partial charge in [0.15, 0.2) is 0 Å². The molecule has 2 amide bonds. The number of hydrogen-bond acceptors (Lipinski definition) is 8. The standard InChI is InChI=1S/C48H50BNO8Si/c1-48(2,3)59(39-18-9-5-10-19-39,40-20-11-6-12-21-40)57-30-34-27-41-45(47(53)50(46(41)52)36-17-13-16-35(28-36)49(54)55)42-31-56-43(44(34)42)25-22-33(32-14-7-4-8-15-32)26-37-23-24-38(29-51)58-37/h4-21,23-24,26,28,41-43,45,51,54-55H,22,25,27,29-31H2,1-3H3/b33-26-/t41-,42+,43-,45-/m1/s1. The number of aliphatic hydroxyl groups is 1. The number of furan rings is 1. The summed E-state index contributed by atoms with van der Waals surface area (Å²) >= 11 is 0. The number of imide groups is 1. The van der Waals surface area contributed by atoms with Crippen LogP contribution in [-0.2, 0) is 25.4 Å². The fourth-order valence-electron chi connectivity index (χ4n) is 9.61. The van der Waals surface area contributed by atoms with Gasteiger partial charge in [-0.3, -0.25) is 14.5 Å². The predicted molar refractivity (Wildman–Crippen MR) is 232 cm³/mol. The van der Waals surface area contributed by atoms with Crippen molar-refractivity contribution < 1.29 is 38.3 Å². The number of amides is 2. The highest BCUT2D eigenvalue weighted by atomic mass is 28.4. The Balaban J connectivity index is 1.19. The van der Waals surface area contributed by atoms with E-state index in [1.165, 1.54) is 11.0 Å². The van der Waals surface area contributed by atoms with Gasteiger partial charge in [-0.25, -0.2) is 0 Å². The van der Waals surface area contributed by atoms with Crippen LogP contribution in [0, 0.1) is 17.8 Å². The second-order valence-corrected chi connectivity index (χ2v) is 21.1. The minimum atomic E-state index is -2.99. The molecular weight excluding hydrogens is 757 g/mol. The van der Waals surface area contributed by atoms with Crippen molar-refractivity contribution in [2.75, 3.05) is 18.1 Å². The van der Waals surface area contributed by atoms with E-state index in [0.717, 1.165) is 32.7 Å². The number of carbonyl (C=O) groups excluding carboxylic acids is 2. The number of carbonyl (C=O) groups is 2. The largest absolute Gasteiger partial charge is 0.488 e. The van der Waals surface area contributed by atoms with Crippen molar-refractivity contribution in [1.82, 2.24) is 0 Å². The van der Waals surface area contributed by atoms with Crippen LogP contribution >= 0.6 is 0 Å². The first-order valence-corrected chi connectivity index (χ1v) is 22.3. The van der Waals surface area contributed by atoms with Crippen LogP contribution in [0.5, 0.6) is 0 Å². The molecule has 0 unspecified atom stereocenters. The number of hydrogen-bond donors (Lipinski definition) is 3. The van der Waals surface area contributed by atoms with E-state index < -0.39 is 27.3 Å². The van der Waals surface area contributed by atoms with Crippen LogP contribution in [0.1, 0.15) is 57.1 Å². The Labute approximate surface area is 346 Å². The van der Waals surface area contributed by atoms with Gasteiger partial charge in [0.2, 0.25) is 11.8 Å². The van der Waals surface area contributed by atoms with E-state index in [1.807, 2.05) is 42.5 Å². The third kappa shape index (κ3) is 7.75. The van der Waals surface area contributed by atoms with Crippen LogP contribution in [-0.4, -0.2) is 61.7 Å². The molecule has 4 aromatic carbocycles. The molecule has 0 spiro atoms. The second kappa shape index (κ2) is 16.8. The zero-order valence-electron chi connectivity index (χ0n) is 33.7. The molecule has 2 saturated heterocycles. The Morgan fingerprint density at radius 2 is 1.51 bits per heavy atom. The van der Waals surface area contributed by atoms with Gasteiger partial charge in [0, 0.05) is 5.92 Å². The number of rotatable bonds is 13. The first-order valence-electron chi connectivity index (χ1n) is 20.4. The smallest absolute Gasteiger partial charge is 0.459 e. The van der Waals surface area contributed by atoms with Gasteiger partial charge in [-0.2, -0.15) is 0 Å². The van der Waals surface area contributed by atoms with Gasteiger partial charge < -0.3 is 28.7 Å². The normalized spacial score (nSPS) is 20.9. The molecule has 8 rings (SSSR count). The third-order valence-electron chi connectivity index (χ3n) is 12.3. The number of ether oxygens (including phenoxy) is 1. The highest BCUT2D eigenvalue weighted by Crippen LogP contribution is 2.51. The van der Waals surface area contributed by atoms with Gasteiger partial charge in [0.05, 0.1) is 36.8 Å². The molecule has 11 heteroatoms. The molecule has 0 saturated carbocycles. The van der Waals surface area contributed by atoms with E-state index in [1.54, 1.807) is 24.3 Å². The van der Waals surface area contributed by atoms with E-state index in [-0.39, 0.29) is 54.2 Å². The summed E-state index contributed by atoms with van der Waals surface area (Å²) in [6.07, 6.45) is 3.26. The zero-order valence-corrected chi connectivity index (χ0v) is 34.7. The number of allylic oxidation sites excluding steroid dienone is 1.